The molecule has 4 aromatic heterocycles. The highest BCUT2D eigenvalue weighted by atomic mass is 16.5. The van der Waals surface area contributed by atoms with Crippen LogP contribution in [0, 0.1) is 0 Å². The Hall–Kier alpha value is -3.88. The van der Waals surface area contributed by atoms with Gasteiger partial charge in [-0.2, -0.15) is 4.98 Å². The largest absolute Gasteiger partial charge is 0.495 e. The fourth-order valence-corrected chi connectivity index (χ4v) is 3.96. The first-order valence-corrected chi connectivity index (χ1v) is 10.2. The number of ether oxygens (including phenoxy) is 1. The first-order chi connectivity index (χ1) is 15.2. The van der Waals surface area contributed by atoms with E-state index in [1.807, 2.05) is 24.3 Å². The molecule has 4 heterocycles. The minimum Gasteiger partial charge on any atom is -0.495 e. The molecule has 0 aromatic carbocycles. The van der Waals surface area contributed by atoms with Gasteiger partial charge >= 0.3 is 0 Å². The van der Waals surface area contributed by atoms with Crippen LogP contribution in [0.3, 0.4) is 0 Å². The van der Waals surface area contributed by atoms with Crippen LogP contribution in [0.5, 0.6) is 5.75 Å². The van der Waals surface area contributed by atoms with Gasteiger partial charge in [0.2, 0.25) is 5.95 Å². The van der Waals surface area contributed by atoms with Gasteiger partial charge in [0.05, 0.1) is 30.7 Å². The van der Waals surface area contributed by atoms with Gasteiger partial charge in [-0.25, -0.2) is 9.97 Å². The maximum atomic E-state index is 12.1. The van der Waals surface area contributed by atoms with Crippen LogP contribution in [-0.2, 0) is 0 Å². The van der Waals surface area contributed by atoms with Crippen LogP contribution in [0.15, 0.2) is 59.8 Å². The molecule has 1 aliphatic carbocycles. The predicted molar refractivity (Wildman–Crippen MR) is 119 cm³/mol. The molecule has 3 N–H and O–H groups in total. The minimum atomic E-state index is -0.131. The number of anilines is 2. The van der Waals surface area contributed by atoms with Crippen molar-refractivity contribution in [2.75, 3.05) is 17.7 Å². The van der Waals surface area contributed by atoms with E-state index in [4.69, 9.17) is 4.74 Å². The van der Waals surface area contributed by atoms with Crippen molar-refractivity contribution >= 4 is 22.9 Å². The fourth-order valence-electron chi connectivity index (χ4n) is 3.96. The lowest BCUT2D eigenvalue weighted by atomic mass is 10.2. The Morgan fingerprint density at radius 2 is 1.97 bits per heavy atom. The van der Waals surface area contributed by atoms with Crippen molar-refractivity contribution in [1.82, 2.24) is 24.5 Å². The summed E-state index contributed by atoms with van der Waals surface area (Å²) in [6.07, 6.45) is 8.13. The maximum Gasteiger partial charge on any atom is 0.255 e. The van der Waals surface area contributed by atoms with E-state index in [0.29, 0.717) is 23.5 Å². The molecule has 158 valence electrons. The highest BCUT2D eigenvalue weighted by Crippen LogP contribution is 2.25. The average Bonchev–Trinajstić information content (AvgIpc) is 3.41. The summed E-state index contributed by atoms with van der Waals surface area (Å²) in [5.41, 5.74) is 2.21. The Kier molecular flexibility index (Phi) is 4.99. The van der Waals surface area contributed by atoms with Crippen LogP contribution in [0.25, 0.3) is 16.9 Å². The zero-order valence-electron chi connectivity index (χ0n) is 17.1. The minimum absolute atomic E-state index is 0.131. The number of rotatable bonds is 6. The van der Waals surface area contributed by atoms with E-state index < -0.39 is 0 Å². The molecular formula is C22H23N7O2. The van der Waals surface area contributed by atoms with Crippen LogP contribution in [-0.4, -0.2) is 43.7 Å². The molecule has 0 aliphatic heterocycles. The molecule has 4 aromatic rings. The van der Waals surface area contributed by atoms with Crippen molar-refractivity contribution in [3.8, 4) is 11.4 Å². The van der Waals surface area contributed by atoms with E-state index in [9.17, 15) is 4.79 Å². The average molecular weight is 417 g/mol. The normalized spacial score (nSPS) is 18.2. The van der Waals surface area contributed by atoms with E-state index in [-0.39, 0.29) is 5.56 Å². The van der Waals surface area contributed by atoms with Crippen LogP contribution in [0.4, 0.5) is 11.8 Å². The Bertz CT molecular complexity index is 1220. The van der Waals surface area contributed by atoms with Gasteiger partial charge in [0, 0.05) is 24.3 Å². The fraction of sp³-hybridized carbons (Fsp3) is 0.273. The Morgan fingerprint density at radius 1 is 1.10 bits per heavy atom. The van der Waals surface area contributed by atoms with Crippen molar-refractivity contribution in [2.45, 2.75) is 31.3 Å². The van der Waals surface area contributed by atoms with Crippen molar-refractivity contribution < 1.29 is 4.74 Å². The summed E-state index contributed by atoms with van der Waals surface area (Å²) >= 11 is 0. The van der Waals surface area contributed by atoms with Gasteiger partial charge < -0.3 is 20.4 Å². The van der Waals surface area contributed by atoms with Crippen LogP contribution in [0.2, 0.25) is 0 Å². The van der Waals surface area contributed by atoms with Crippen molar-refractivity contribution in [1.29, 1.82) is 0 Å². The molecule has 0 spiro atoms. The number of hydrogen-bond donors (Lipinski definition) is 3. The zero-order valence-corrected chi connectivity index (χ0v) is 17.1. The summed E-state index contributed by atoms with van der Waals surface area (Å²) in [6.45, 7) is 0. The van der Waals surface area contributed by atoms with Crippen LogP contribution >= 0.6 is 0 Å². The molecule has 1 fully saturated rings. The van der Waals surface area contributed by atoms with Gasteiger partial charge in [0.1, 0.15) is 11.6 Å². The van der Waals surface area contributed by atoms with E-state index in [1.54, 1.807) is 31.8 Å². The summed E-state index contributed by atoms with van der Waals surface area (Å²) < 4.78 is 6.73. The molecule has 0 radical (unpaired) electrons. The molecule has 31 heavy (non-hydrogen) atoms. The van der Waals surface area contributed by atoms with Gasteiger partial charge in [0.25, 0.3) is 5.56 Å². The van der Waals surface area contributed by atoms with Gasteiger partial charge in [-0.15, -0.1) is 0 Å². The highest BCUT2D eigenvalue weighted by molar-refractivity contribution is 5.72. The molecule has 9 nitrogen and oxygen atoms in total. The lowest BCUT2D eigenvalue weighted by Gasteiger charge is -2.15. The number of H-pyrrole nitrogens is 1. The molecule has 0 unspecified atom stereocenters. The van der Waals surface area contributed by atoms with Crippen molar-refractivity contribution in [3.63, 3.8) is 0 Å². The number of aromatic nitrogens is 5. The summed E-state index contributed by atoms with van der Waals surface area (Å²) in [7, 11) is 1.57. The first-order valence-electron chi connectivity index (χ1n) is 10.2. The number of aromatic amines is 1. The van der Waals surface area contributed by atoms with Gasteiger partial charge in [-0.05, 0) is 49.6 Å². The third kappa shape index (κ3) is 4.07. The maximum absolute atomic E-state index is 12.1. The molecular weight excluding hydrogens is 394 g/mol. The summed E-state index contributed by atoms with van der Waals surface area (Å²) in [5.74, 6) is 2.16. The molecule has 9 heteroatoms. The SMILES string of the molecule is COc1ccc(=O)n(-c2ccc(N[C@H]3CC[C@H](Nc4nc5ncccc5[nH]4)C3)nc2)c1. The smallest absolute Gasteiger partial charge is 0.255 e. The first kappa shape index (κ1) is 19.1. The van der Waals surface area contributed by atoms with Crippen molar-refractivity contribution in [3.05, 3.63) is 65.3 Å². The second-order valence-corrected chi connectivity index (χ2v) is 7.63. The Labute approximate surface area is 178 Å². The second-order valence-electron chi connectivity index (χ2n) is 7.63. The summed E-state index contributed by atoms with van der Waals surface area (Å²) in [4.78, 5) is 28.7. The third-order valence-corrected chi connectivity index (χ3v) is 5.53. The molecule has 1 saturated carbocycles. The number of hydrogen-bond acceptors (Lipinski definition) is 7. The van der Waals surface area contributed by atoms with Gasteiger partial charge in [-0.3, -0.25) is 9.36 Å². The van der Waals surface area contributed by atoms with Gasteiger partial charge in [0.15, 0.2) is 5.65 Å². The standard InChI is InChI=1S/C22H23N7O2/c1-31-17-7-9-20(30)29(13-17)16-6-8-19(24-12-16)25-14-4-5-15(11-14)26-22-27-18-3-2-10-23-21(18)28-22/h2-3,6-10,12-15H,4-5,11H2,1H3,(H,24,25)(H2,23,26,27,28)/t14-,15-/m0/s1. The topological polar surface area (TPSA) is 110 Å². The number of methoxy groups -OCH3 is 1. The van der Waals surface area contributed by atoms with Crippen LogP contribution < -0.4 is 20.9 Å². The molecule has 1 aliphatic rings. The molecule has 2 atom stereocenters. The number of fused-ring (bicyclic) bond motifs is 1. The number of nitrogens with zero attached hydrogens (tertiary/aromatic N) is 4. The van der Waals surface area contributed by atoms with Gasteiger partial charge in [-0.1, -0.05) is 0 Å². The van der Waals surface area contributed by atoms with E-state index in [1.165, 1.54) is 10.6 Å². The molecule has 0 amide bonds. The van der Waals surface area contributed by atoms with E-state index >= 15 is 0 Å². The van der Waals surface area contributed by atoms with E-state index in [2.05, 4.69) is 30.6 Å². The third-order valence-electron chi connectivity index (χ3n) is 5.53. The Balaban J connectivity index is 1.21. The molecule has 0 saturated heterocycles. The predicted octanol–water partition coefficient (Wildman–Crippen LogP) is 2.96. The number of imidazole rings is 1. The monoisotopic (exact) mass is 417 g/mol. The Morgan fingerprint density at radius 3 is 2.74 bits per heavy atom. The zero-order chi connectivity index (χ0) is 21.2. The molecule has 5 rings (SSSR count). The highest BCUT2D eigenvalue weighted by Gasteiger charge is 2.25. The van der Waals surface area contributed by atoms with Crippen molar-refractivity contribution in [2.24, 2.45) is 0 Å². The summed E-state index contributed by atoms with van der Waals surface area (Å²) in [5, 5.41) is 6.97. The lowest BCUT2D eigenvalue weighted by molar-refractivity contribution is 0.411. The second kappa shape index (κ2) is 8.10. The summed E-state index contributed by atoms with van der Waals surface area (Å²) in [6, 6.07) is 11.4. The number of nitrogens with one attached hydrogen (secondary N) is 3. The van der Waals surface area contributed by atoms with Crippen LogP contribution in [0.1, 0.15) is 19.3 Å². The van der Waals surface area contributed by atoms with E-state index in [0.717, 1.165) is 42.2 Å². The lowest BCUT2D eigenvalue weighted by Crippen LogP contribution is -2.21. The number of pyridine rings is 3. The quantitative estimate of drug-likeness (QED) is 0.442. The molecule has 0 bridgehead atoms.